The summed E-state index contributed by atoms with van der Waals surface area (Å²) in [4.78, 5) is 41.1. The lowest BCUT2D eigenvalue weighted by Crippen LogP contribution is -2.50. The van der Waals surface area contributed by atoms with Crippen molar-refractivity contribution in [3.05, 3.63) is 18.2 Å². The predicted molar refractivity (Wildman–Crippen MR) is 77.7 cm³/mol. The lowest BCUT2D eigenvalue weighted by Gasteiger charge is -2.18. The van der Waals surface area contributed by atoms with Gasteiger partial charge in [-0.2, -0.15) is 0 Å². The van der Waals surface area contributed by atoms with E-state index < -0.39 is 29.9 Å². The molecular formula is C13H21N5O4. The number of carbonyl (C=O) groups is 3. The Kier molecular flexibility index (Phi) is 6.51. The van der Waals surface area contributed by atoms with Gasteiger partial charge in [0.1, 0.15) is 6.04 Å². The van der Waals surface area contributed by atoms with E-state index in [1.54, 1.807) is 20.0 Å². The van der Waals surface area contributed by atoms with Crippen LogP contribution >= 0.6 is 0 Å². The van der Waals surface area contributed by atoms with Crippen LogP contribution in [0.2, 0.25) is 0 Å². The Morgan fingerprint density at radius 3 is 2.59 bits per heavy atom. The molecule has 0 bridgehead atoms. The number of carboxylic acids is 1. The number of rotatable bonds is 8. The summed E-state index contributed by atoms with van der Waals surface area (Å²) in [6.45, 7) is 3.03. The summed E-state index contributed by atoms with van der Waals surface area (Å²) in [5, 5.41) is 13.7. The number of aromatic amines is 1. The third-order valence-corrected chi connectivity index (χ3v) is 2.99. The molecule has 1 aromatic heterocycles. The van der Waals surface area contributed by atoms with Crippen LogP contribution in [0.15, 0.2) is 12.5 Å². The molecule has 0 saturated heterocycles. The summed E-state index contributed by atoms with van der Waals surface area (Å²) in [5.74, 6) is -2.47. The van der Waals surface area contributed by atoms with Crippen LogP contribution in [-0.2, 0) is 20.8 Å². The van der Waals surface area contributed by atoms with Crippen LogP contribution < -0.4 is 16.4 Å². The number of nitrogens with zero attached hydrogens (tertiary/aromatic N) is 1. The van der Waals surface area contributed by atoms with Crippen LogP contribution in [0.25, 0.3) is 0 Å². The second-order valence-electron chi connectivity index (χ2n) is 5.22. The van der Waals surface area contributed by atoms with Crippen molar-refractivity contribution in [1.29, 1.82) is 0 Å². The first kappa shape index (κ1) is 17.6. The van der Waals surface area contributed by atoms with Gasteiger partial charge in [0.05, 0.1) is 24.6 Å². The highest BCUT2D eigenvalue weighted by atomic mass is 16.4. The third kappa shape index (κ3) is 5.52. The number of aliphatic carboxylic acids is 1. The van der Waals surface area contributed by atoms with Crippen LogP contribution in [0.5, 0.6) is 0 Å². The Morgan fingerprint density at radius 2 is 2.09 bits per heavy atom. The first-order valence-electron chi connectivity index (χ1n) is 6.84. The van der Waals surface area contributed by atoms with Crippen LogP contribution in [0.1, 0.15) is 19.5 Å². The summed E-state index contributed by atoms with van der Waals surface area (Å²) in [5.41, 5.74) is 6.34. The molecule has 0 saturated carbocycles. The summed E-state index contributed by atoms with van der Waals surface area (Å²) >= 11 is 0. The van der Waals surface area contributed by atoms with Gasteiger partial charge in [0, 0.05) is 12.6 Å². The number of carboxylic acid groups (broad SMARTS) is 1. The summed E-state index contributed by atoms with van der Waals surface area (Å²) < 4.78 is 0. The molecule has 0 aliphatic heterocycles. The second kappa shape index (κ2) is 8.13. The number of amides is 2. The average molecular weight is 311 g/mol. The molecular weight excluding hydrogens is 290 g/mol. The molecule has 6 N–H and O–H groups in total. The normalized spacial score (nSPS) is 13.5. The topological polar surface area (TPSA) is 150 Å². The van der Waals surface area contributed by atoms with Crippen molar-refractivity contribution >= 4 is 17.8 Å². The van der Waals surface area contributed by atoms with Crippen molar-refractivity contribution in [3.63, 3.8) is 0 Å². The summed E-state index contributed by atoms with van der Waals surface area (Å²) in [6, 6.07) is -1.83. The fourth-order valence-electron chi connectivity index (χ4n) is 1.76. The van der Waals surface area contributed by atoms with Crippen LogP contribution in [-0.4, -0.2) is 51.5 Å². The van der Waals surface area contributed by atoms with E-state index in [-0.39, 0.29) is 18.9 Å². The summed E-state index contributed by atoms with van der Waals surface area (Å²) in [7, 11) is 0. The smallest absolute Gasteiger partial charge is 0.326 e. The molecule has 9 heteroatoms. The van der Waals surface area contributed by atoms with E-state index in [4.69, 9.17) is 10.8 Å². The highest BCUT2D eigenvalue weighted by Crippen LogP contribution is 2.01. The number of carbonyl (C=O) groups excluding carboxylic acids is 2. The number of nitrogens with two attached hydrogens (primary N) is 1. The average Bonchev–Trinajstić information content (AvgIpc) is 2.94. The molecule has 0 aliphatic rings. The van der Waals surface area contributed by atoms with Crippen molar-refractivity contribution in [2.24, 2.45) is 11.7 Å². The van der Waals surface area contributed by atoms with Gasteiger partial charge in [0.15, 0.2) is 0 Å². The van der Waals surface area contributed by atoms with E-state index >= 15 is 0 Å². The Morgan fingerprint density at radius 1 is 1.41 bits per heavy atom. The Hall–Kier alpha value is -2.42. The molecule has 0 aliphatic carbocycles. The zero-order chi connectivity index (χ0) is 16.7. The zero-order valence-corrected chi connectivity index (χ0v) is 12.5. The Balaban J connectivity index is 2.39. The molecule has 22 heavy (non-hydrogen) atoms. The Bertz CT molecular complexity index is 515. The van der Waals surface area contributed by atoms with E-state index in [0.717, 1.165) is 0 Å². The lowest BCUT2D eigenvalue weighted by atomic mass is 10.0. The van der Waals surface area contributed by atoms with Gasteiger partial charge in [0.25, 0.3) is 0 Å². The number of aromatic nitrogens is 2. The monoisotopic (exact) mass is 311 g/mol. The van der Waals surface area contributed by atoms with Crippen molar-refractivity contribution in [2.75, 3.05) is 6.54 Å². The number of imidazole rings is 1. The molecule has 2 atom stereocenters. The van der Waals surface area contributed by atoms with Gasteiger partial charge in [-0.15, -0.1) is 0 Å². The number of H-pyrrole nitrogens is 1. The molecule has 0 spiro atoms. The molecule has 1 heterocycles. The van der Waals surface area contributed by atoms with Crippen molar-refractivity contribution in [1.82, 2.24) is 20.6 Å². The van der Waals surface area contributed by atoms with Crippen LogP contribution in [0.4, 0.5) is 0 Å². The van der Waals surface area contributed by atoms with Gasteiger partial charge in [-0.05, 0) is 5.92 Å². The molecule has 122 valence electrons. The van der Waals surface area contributed by atoms with Gasteiger partial charge >= 0.3 is 5.97 Å². The minimum absolute atomic E-state index is 0.237. The predicted octanol–water partition coefficient (Wildman–Crippen LogP) is -1.38. The van der Waals surface area contributed by atoms with Gasteiger partial charge < -0.3 is 26.5 Å². The fourth-order valence-corrected chi connectivity index (χ4v) is 1.76. The lowest BCUT2D eigenvalue weighted by molar-refractivity contribution is -0.143. The molecule has 1 rings (SSSR count). The molecule has 2 amide bonds. The van der Waals surface area contributed by atoms with E-state index in [2.05, 4.69) is 20.6 Å². The van der Waals surface area contributed by atoms with Crippen LogP contribution in [0, 0.1) is 5.92 Å². The first-order chi connectivity index (χ1) is 10.3. The standard InChI is InChI=1S/C13H21N5O4/c1-7(2)11(13(21)22)18-10(19)5-16-12(20)9(14)3-8-4-15-6-17-8/h4,6-7,9,11H,3,5,14H2,1-2H3,(H,15,17)(H,16,20)(H,18,19)(H,21,22)/t9-,11-/m0/s1. The first-order valence-corrected chi connectivity index (χ1v) is 6.84. The molecule has 9 nitrogen and oxygen atoms in total. The minimum atomic E-state index is -1.12. The van der Waals surface area contributed by atoms with Gasteiger partial charge in [-0.3, -0.25) is 9.59 Å². The molecule has 1 aromatic rings. The van der Waals surface area contributed by atoms with E-state index in [9.17, 15) is 14.4 Å². The van der Waals surface area contributed by atoms with E-state index in [1.165, 1.54) is 6.33 Å². The maximum atomic E-state index is 11.8. The fraction of sp³-hybridized carbons (Fsp3) is 0.538. The van der Waals surface area contributed by atoms with Crippen molar-refractivity contribution in [3.8, 4) is 0 Å². The van der Waals surface area contributed by atoms with Crippen molar-refractivity contribution < 1.29 is 19.5 Å². The second-order valence-corrected chi connectivity index (χ2v) is 5.22. The quantitative estimate of drug-likeness (QED) is 0.399. The van der Waals surface area contributed by atoms with Crippen molar-refractivity contribution in [2.45, 2.75) is 32.4 Å². The molecule has 0 fully saturated rings. The van der Waals surface area contributed by atoms with Gasteiger partial charge in [-0.1, -0.05) is 13.8 Å². The SMILES string of the molecule is CC(C)[C@H](NC(=O)CNC(=O)[C@@H](N)Cc1c[nH]cn1)C(=O)O. The summed E-state index contributed by atoms with van der Waals surface area (Å²) in [6.07, 6.45) is 3.34. The zero-order valence-electron chi connectivity index (χ0n) is 12.5. The maximum absolute atomic E-state index is 11.8. The van der Waals surface area contributed by atoms with Gasteiger partial charge in [0.2, 0.25) is 11.8 Å². The molecule has 0 radical (unpaired) electrons. The van der Waals surface area contributed by atoms with Gasteiger partial charge in [-0.25, -0.2) is 9.78 Å². The minimum Gasteiger partial charge on any atom is -0.480 e. The van der Waals surface area contributed by atoms with E-state index in [1.807, 2.05) is 0 Å². The van der Waals surface area contributed by atoms with Crippen LogP contribution in [0.3, 0.4) is 0 Å². The number of nitrogens with one attached hydrogen (secondary N) is 3. The molecule has 0 aromatic carbocycles. The number of hydrogen-bond acceptors (Lipinski definition) is 5. The molecule has 0 unspecified atom stereocenters. The Labute approximate surface area is 127 Å². The largest absolute Gasteiger partial charge is 0.480 e. The number of hydrogen-bond donors (Lipinski definition) is 5. The van der Waals surface area contributed by atoms with E-state index in [0.29, 0.717) is 5.69 Å². The maximum Gasteiger partial charge on any atom is 0.326 e. The highest BCUT2D eigenvalue weighted by Gasteiger charge is 2.24. The third-order valence-electron chi connectivity index (χ3n) is 2.99. The highest BCUT2D eigenvalue weighted by molar-refractivity contribution is 5.89.